The summed E-state index contributed by atoms with van der Waals surface area (Å²) in [5.74, 6) is 0.0323. The van der Waals surface area contributed by atoms with Crippen LogP contribution in [-0.2, 0) is 17.9 Å². The molecule has 1 N–H and O–H groups in total. The van der Waals surface area contributed by atoms with E-state index in [0.717, 1.165) is 15.8 Å². The fourth-order valence-corrected chi connectivity index (χ4v) is 5.40. The van der Waals surface area contributed by atoms with E-state index >= 15 is 0 Å². The standard InChI is InChI=1S/C26H24FN3O4S/c1-26(25(32)28-14-16-4-6-18(27)7-5-16)15-29-22(10-17-8-9-35-24(17)29)23(31)30(26)19-11-20(33-2)13-21(12-19)34-3/h4-13H,14-15H2,1-3H3,(H,28,32)/t26-/m0/s1. The fourth-order valence-electron chi connectivity index (χ4n) is 4.50. The lowest BCUT2D eigenvalue weighted by Crippen LogP contribution is -2.64. The van der Waals surface area contributed by atoms with Gasteiger partial charge in [-0.05, 0) is 42.1 Å². The molecular formula is C26H24FN3O4S. The summed E-state index contributed by atoms with van der Waals surface area (Å²) < 4.78 is 26.0. The van der Waals surface area contributed by atoms with Gasteiger partial charge in [0.05, 0.1) is 26.5 Å². The Labute approximate surface area is 205 Å². The third-order valence-corrected chi connectivity index (χ3v) is 7.29. The van der Waals surface area contributed by atoms with Crippen LogP contribution in [0.5, 0.6) is 11.5 Å². The number of thiophene rings is 1. The van der Waals surface area contributed by atoms with Gasteiger partial charge in [-0.3, -0.25) is 14.5 Å². The Hall–Kier alpha value is -3.85. The molecule has 0 radical (unpaired) electrons. The molecule has 35 heavy (non-hydrogen) atoms. The van der Waals surface area contributed by atoms with Gasteiger partial charge in [-0.25, -0.2) is 4.39 Å². The second-order valence-electron chi connectivity index (χ2n) is 8.59. The monoisotopic (exact) mass is 493 g/mol. The van der Waals surface area contributed by atoms with E-state index in [4.69, 9.17) is 9.47 Å². The topological polar surface area (TPSA) is 72.8 Å². The minimum atomic E-state index is -1.27. The van der Waals surface area contributed by atoms with Crippen molar-refractivity contribution in [1.82, 2.24) is 9.88 Å². The zero-order chi connectivity index (χ0) is 24.7. The van der Waals surface area contributed by atoms with Crippen molar-refractivity contribution in [2.45, 2.75) is 25.6 Å². The molecular weight excluding hydrogens is 469 g/mol. The number of halogens is 1. The van der Waals surface area contributed by atoms with Crippen LogP contribution in [0.4, 0.5) is 10.1 Å². The smallest absolute Gasteiger partial charge is 0.275 e. The number of carbonyl (C=O) groups excluding carboxylic acids is 2. The average molecular weight is 494 g/mol. The van der Waals surface area contributed by atoms with Crippen molar-refractivity contribution in [3.05, 3.63) is 77.1 Å². The molecule has 4 aromatic rings. The summed E-state index contributed by atoms with van der Waals surface area (Å²) in [7, 11) is 3.06. The van der Waals surface area contributed by atoms with Gasteiger partial charge in [-0.15, -0.1) is 11.3 Å². The number of methoxy groups -OCH3 is 2. The Bertz CT molecular complexity index is 1410. The Balaban J connectivity index is 1.59. The van der Waals surface area contributed by atoms with Crippen molar-refractivity contribution in [3.63, 3.8) is 0 Å². The summed E-state index contributed by atoms with van der Waals surface area (Å²) in [5, 5.41) is 5.87. The van der Waals surface area contributed by atoms with Gasteiger partial charge >= 0.3 is 0 Å². The lowest BCUT2D eigenvalue weighted by Gasteiger charge is -2.44. The molecule has 2 amide bonds. The van der Waals surface area contributed by atoms with Crippen molar-refractivity contribution in [2.24, 2.45) is 0 Å². The molecule has 0 fully saturated rings. The second kappa shape index (κ2) is 8.74. The summed E-state index contributed by atoms with van der Waals surface area (Å²) in [6, 6.07) is 14.9. The number of amides is 2. The molecule has 0 unspecified atom stereocenters. The molecule has 0 saturated carbocycles. The van der Waals surface area contributed by atoms with E-state index in [0.29, 0.717) is 22.9 Å². The molecule has 0 bridgehead atoms. The number of aromatic nitrogens is 1. The largest absolute Gasteiger partial charge is 0.497 e. The van der Waals surface area contributed by atoms with Crippen molar-refractivity contribution in [1.29, 1.82) is 0 Å². The first-order chi connectivity index (χ1) is 16.8. The van der Waals surface area contributed by atoms with Crippen LogP contribution in [0.15, 0.2) is 60.0 Å². The predicted octanol–water partition coefficient (Wildman–Crippen LogP) is 4.59. The number of nitrogens with zero attached hydrogens (tertiary/aromatic N) is 2. The lowest BCUT2D eigenvalue weighted by atomic mass is 9.93. The van der Waals surface area contributed by atoms with E-state index in [1.54, 1.807) is 37.3 Å². The van der Waals surface area contributed by atoms with Gasteiger partial charge in [0.1, 0.15) is 33.4 Å². The van der Waals surface area contributed by atoms with Gasteiger partial charge in [0.15, 0.2) is 0 Å². The minimum absolute atomic E-state index is 0.200. The Kier molecular flexibility index (Phi) is 5.72. The quantitative estimate of drug-likeness (QED) is 0.426. The molecule has 2 aromatic carbocycles. The summed E-state index contributed by atoms with van der Waals surface area (Å²) in [5.41, 5.74) is 0.485. The third kappa shape index (κ3) is 3.91. The zero-order valence-corrected chi connectivity index (χ0v) is 20.3. The van der Waals surface area contributed by atoms with Crippen LogP contribution >= 0.6 is 11.3 Å². The molecule has 0 spiro atoms. The molecule has 5 rings (SSSR count). The number of rotatable bonds is 6. The Morgan fingerprint density at radius 1 is 1.09 bits per heavy atom. The first kappa shape index (κ1) is 22.9. The number of hydrogen-bond acceptors (Lipinski definition) is 5. The second-order valence-corrected chi connectivity index (χ2v) is 9.49. The Morgan fingerprint density at radius 3 is 2.43 bits per heavy atom. The normalized spacial score (nSPS) is 17.4. The van der Waals surface area contributed by atoms with E-state index in [-0.39, 0.29) is 30.7 Å². The molecule has 180 valence electrons. The number of ether oxygens (including phenoxy) is 2. The van der Waals surface area contributed by atoms with Crippen molar-refractivity contribution in [3.8, 4) is 11.5 Å². The van der Waals surface area contributed by atoms with Crippen LogP contribution in [0.2, 0.25) is 0 Å². The molecule has 1 aliphatic heterocycles. The van der Waals surface area contributed by atoms with Gasteiger partial charge in [0.2, 0.25) is 5.91 Å². The maximum atomic E-state index is 13.9. The minimum Gasteiger partial charge on any atom is -0.497 e. The summed E-state index contributed by atoms with van der Waals surface area (Å²) in [6.07, 6.45) is 0. The van der Waals surface area contributed by atoms with E-state index in [9.17, 15) is 14.0 Å². The van der Waals surface area contributed by atoms with Crippen LogP contribution in [0.25, 0.3) is 10.2 Å². The lowest BCUT2D eigenvalue weighted by molar-refractivity contribution is -0.126. The van der Waals surface area contributed by atoms with E-state index in [2.05, 4.69) is 5.32 Å². The van der Waals surface area contributed by atoms with Crippen LogP contribution in [0.1, 0.15) is 23.0 Å². The number of fused-ring (bicyclic) bond motifs is 3. The van der Waals surface area contributed by atoms with Crippen molar-refractivity contribution < 1.29 is 23.5 Å². The molecule has 0 aliphatic carbocycles. The van der Waals surface area contributed by atoms with E-state index < -0.39 is 5.54 Å². The van der Waals surface area contributed by atoms with Gasteiger partial charge in [0, 0.05) is 30.1 Å². The Morgan fingerprint density at radius 2 is 1.77 bits per heavy atom. The number of anilines is 1. The average Bonchev–Trinajstić information content (AvgIpc) is 3.45. The SMILES string of the molecule is COc1cc(OC)cc(N2C(=O)c3cc4ccsc4n3C[C@@]2(C)C(=O)NCc2ccc(F)cc2)c1. The van der Waals surface area contributed by atoms with Gasteiger partial charge < -0.3 is 19.4 Å². The molecule has 2 aromatic heterocycles. The van der Waals surface area contributed by atoms with Crippen LogP contribution in [0, 0.1) is 5.82 Å². The molecule has 1 aliphatic rings. The molecule has 9 heteroatoms. The summed E-state index contributed by atoms with van der Waals surface area (Å²) in [4.78, 5) is 30.1. The van der Waals surface area contributed by atoms with Crippen LogP contribution < -0.4 is 19.7 Å². The third-order valence-electron chi connectivity index (χ3n) is 6.33. The number of nitrogens with one attached hydrogen (secondary N) is 1. The van der Waals surface area contributed by atoms with Gasteiger partial charge in [-0.2, -0.15) is 0 Å². The van der Waals surface area contributed by atoms with Crippen molar-refractivity contribution in [2.75, 3.05) is 19.1 Å². The van der Waals surface area contributed by atoms with Crippen LogP contribution in [0.3, 0.4) is 0 Å². The zero-order valence-electron chi connectivity index (χ0n) is 19.5. The highest BCUT2D eigenvalue weighted by Gasteiger charge is 2.49. The van der Waals surface area contributed by atoms with Crippen LogP contribution in [-0.4, -0.2) is 36.1 Å². The fraction of sp³-hybridized carbons (Fsp3) is 0.231. The highest BCUT2D eigenvalue weighted by molar-refractivity contribution is 7.16. The van der Waals surface area contributed by atoms with Gasteiger partial charge in [-0.1, -0.05) is 12.1 Å². The van der Waals surface area contributed by atoms with E-state index in [1.165, 1.54) is 42.6 Å². The maximum Gasteiger partial charge on any atom is 0.275 e. The molecule has 0 saturated heterocycles. The predicted molar refractivity (Wildman–Crippen MR) is 133 cm³/mol. The first-order valence-corrected chi connectivity index (χ1v) is 11.9. The highest BCUT2D eigenvalue weighted by Crippen LogP contribution is 2.39. The number of benzene rings is 2. The summed E-state index contributed by atoms with van der Waals surface area (Å²) in [6.45, 7) is 2.21. The molecule has 7 nitrogen and oxygen atoms in total. The molecule has 1 atom stereocenters. The van der Waals surface area contributed by atoms with E-state index in [1.807, 2.05) is 22.1 Å². The highest BCUT2D eigenvalue weighted by atomic mass is 32.1. The maximum absolute atomic E-state index is 13.9. The van der Waals surface area contributed by atoms with Crippen molar-refractivity contribution >= 4 is 39.1 Å². The van der Waals surface area contributed by atoms with Gasteiger partial charge in [0.25, 0.3) is 5.91 Å². The summed E-state index contributed by atoms with van der Waals surface area (Å²) >= 11 is 1.53. The molecule has 3 heterocycles. The number of carbonyl (C=O) groups is 2. The first-order valence-electron chi connectivity index (χ1n) is 11.0. The number of hydrogen-bond donors (Lipinski definition) is 1.